The van der Waals surface area contributed by atoms with E-state index in [2.05, 4.69) is 10.0 Å². The third kappa shape index (κ3) is 6.20. The summed E-state index contributed by atoms with van der Waals surface area (Å²) < 4.78 is 37.9. The molecule has 3 aromatic rings. The fraction of sp³-hybridized carbons (Fsp3) is 0.320. The Bertz CT molecular complexity index is 1390. The summed E-state index contributed by atoms with van der Waals surface area (Å²) in [6.45, 7) is 3.38. The van der Waals surface area contributed by atoms with E-state index in [4.69, 9.17) is 9.47 Å². The predicted molar refractivity (Wildman–Crippen MR) is 142 cm³/mol. The van der Waals surface area contributed by atoms with Crippen molar-refractivity contribution >= 4 is 61.2 Å². The lowest BCUT2D eigenvalue weighted by atomic mass is 9.95. The van der Waals surface area contributed by atoms with Gasteiger partial charge in [-0.25, -0.2) is 18.0 Å². The van der Waals surface area contributed by atoms with Crippen LogP contribution in [0.25, 0.3) is 0 Å². The fourth-order valence-corrected chi connectivity index (χ4v) is 7.20. The van der Waals surface area contributed by atoms with Crippen molar-refractivity contribution in [3.8, 4) is 0 Å². The zero-order chi connectivity index (χ0) is 26.6. The minimum atomic E-state index is -3.71. The van der Waals surface area contributed by atoms with E-state index in [-0.39, 0.29) is 22.1 Å². The molecule has 0 saturated carbocycles. The van der Waals surface area contributed by atoms with Crippen LogP contribution in [0.15, 0.2) is 46.0 Å². The van der Waals surface area contributed by atoms with Crippen LogP contribution in [0.4, 0.5) is 10.7 Å². The summed E-state index contributed by atoms with van der Waals surface area (Å²) >= 11 is 2.45. The molecule has 1 aliphatic rings. The Morgan fingerprint density at radius 2 is 1.78 bits per heavy atom. The van der Waals surface area contributed by atoms with Crippen LogP contribution in [0, 0.1) is 0 Å². The van der Waals surface area contributed by atoms with Gasteiger partial charge in [0, 0.05) is 10.6 Å². The summed E-state index contributed by atoms with van der Waals surface area (Å²) in [6.07, 6.45) is 2.43. The molecule has 1 aliphatic carbocycles. The van der Waals surface area contributed by atoms with E-state index >= 15 is 0 Å². The monoisotopic (exact) mass is 562 g/mol. The molecule has 0 bridgehead atoms. The maximum absolute atomic E-state index is 12.8. The van der Waals surface area contributed by atoms with Gasteiger partial charge in [-0.3, -0.25) is 9.52 Å². The molecule has 0 fully saturated rings. The number of fused-ring (bicyclic) bond motifs is 1. The lowest BCUT2D eigenvalue weighted by Crippen LogP contribution is -2.30. The Labute approximate surface area is 222 Å². The zero-order valence-electron chi connectivity index (χ0n) is 20.2. The highest BCUT2D eigenvalue weighted by Crippen LogP contribution is 2.38. The van der Waals surface area contributed by atoms with Crippen LogP contribution in [-0.4, -0.2) is 39.0 Å². The number of aryl methyl sites for hydroxylation is 1. The van der Waals surface area contributed by atoms with E-state index in [9.17, 15) is 22.8 Å². The first kappa shape index (κ1) is 26.8. The Kier molecular flexibility index (Phi) is 8.30. The summed E-state index contributed by atoms with van der Waals surface area (Å²) in [5.41, 5.74) is 1.74. The van der Waals surface area contributed by atoms with Crippen molar-refractivity contribution in [1.29, 1.82) is 0 Å². The Morgan fingerprint density at radius 3 is 2.46 bits per heavy atom. The van der Waals surface area contributed by atoms with Crippen LogP contribution >= 0.6 is 22.7 Å². The normalized spacial score (nSPS) is 13.8. The molecule has 9 nitrogen and oxygen atoms in total. The van der Waals surface area contributed by atoms with E-state index in [1.54, 1.807) is 18.4 Å². The Hall–Kier alpha value is -3.22. The number of amides is 1. The van der Waals surface area contributed by atoms with Crippen molar-refractivity contribution in [2.45, 2.75) is 49.8 Å². The summed E-state index contributed by atoms with van der Waals surface area (Å²) in [4.78, 5) is 39.1. The molecular weight excluding hydrogens is 536 g/mol. The lowest BCUT2D eigenvalue weighted by molar-refractivity contribution is -0.123. The molecule has 2 aromatic heterocycles. The van der Waals surface area contributed by atoms with Crippen molar-refractivity contribution in [2.24, 2.45) is 0 Å². The number of sulfonamides is 1. The fourth-order valence-electron chi connectivity index (χ4n) is 3.86. The van der Waals surface area contributed by atoms with E-state index in [1.165, 1.54) is 48.6 Å². The van der Waals surface area contributed by atoms with E-state index in [1.807, 2.05) is 0 Å². The van der Waals surface area contributed by atoms with Gasteiger partial charge in [0.15, 0.2) is 6.10 Å². The highest BCUT2D eigenvalue weighted by molar-refractivity contribution is 7.94. The van der Waals surface area contributed by atoms with Gasteiger partial charge < -0.3 is 14.8 Å². The van der Waals surface area contributed by atoms with Crippen LogP contribution < -0.4 is 10.0 Å². The molecule has 1 atom stereocenters. The first-order valence-electron chi connectivity index (χ1n) is 11.7. The van der Waals surface area contributed by atoms with Crippen LogP contribution in [0.2, 0.25) is 0 Å². The van der Waals surface area contributed by atoms with Gasteiger partial charge in [-0.2, -0.15) is 0 Å². The molecule has 0 radical (unpaired) electrons. The number of carbonyl (C=O) groups is 3. The number of thiophene rings is 2. The molecular formula is C25H26N2O7S3. The van der Waals surface area contributed by atoms with Crippen molar-refractivity contribution in [2.75, 3.05) is 16.6 Å². The number of rotatable bonds is 9. The van der Waals surface area contributed by atoms with E-state index < -0.39 is 34.0 Å². The second-order valence-corrected chi connectivity index (χ2v) is 12.2. The molecule has 12 heteroatoms. The minimum absolute atomic E-state index is 0.150. The number of nitrogens with one attached hydrogen (secondary N) is 2. The predicted octanol–water partition coefficient (Wildman–Crippen LogP) is 4.85. The number of esters is 2. The van der Waals surface area contributed by atoms with Crippen molar-refractivity contribution < 1.29 is 32.3 Å². The Balaban J connectivity index is 1.40. The highest BCUT2D eigenvalue weighted by Gasteiger charge is 2.29. The number of hydrogen-bond donors (Lipinski definition) is 2. The van der Waals surface area contributed by atoms with Crippen LogP contribution in [0.1, 0.15) is 57.8 Å². The second kappa shape index (κ2) is 11.4. The molecule has 0 unspecified atom stereocenters. The quantitative estimate of drug-likeness (QED) is 0.357. The van der Waals surface area contributed by atoms with Gasteiger partial charge in [-0.05, 0) is 80.8 Å². The van der Waals surface area contributed by atoms with Crippen LogP contribution in [-0.2, 0) is 37.1 Å². The summed E-state index contributed by atoms with van der Waals surface area (Å²) in [6, 6.07) is 8.83. The number of hydrogen-bond acceptors (Lipinski definition) is 9. The molecule has 2 N–H and O–H groups in total. The van der Waals surface area contributed by atoms with Gasteiger partial charge in [0.1, 0.15) is 9.21 Å². The third-order valence-electron chi connectivity index (χ3n) is 5.67. The van der Waals surface area contributed by atoms with Gasteiger partial charge in [0.05, 0.1) is 17.7 Å². The van der Waals surface area contributed by atoms with Gasteiger partial charge >= 0.3 is 11.9 Å². The van der Waals surface area contributed by atoms with Gasteiger partial charge in [-0.1, -0.05) is 6.07 Å². The number of benzene rings is 1. The number of ether oxygens (including phenoxy) is 2. The molecule has 196 valence electrons. The van der Waals surface area contributed by atoms with E-state index in [0.29, 0.717) is 10.6 Å². The first-order valence-corrected chi connectivity index (χ1v) is 14.9. The maximum atomic E-state index is 12.8. The third-order valence-corrected chi connectivity index (χ3v) is 9.66. The molecule has 0 spiro atoms. The standard InChI is InChI=1S/C25H26N2O7S3/c1-3-33-25(30)21-18-7-4-5-8-19(18)36-23(21)26-22(28)15(2)34-24(29)16-10-12-17(13-11-16)27-37(31,32)20-9-6-14-35-20/h6,9-15,27H,3-5,7-8H2,1-2H3,(H,26,28)/t15-/m0/s1. The minimum Gasteiger partial charge on any atom is -0.462 e. The number of carbonyl (C=O) groups excluding carboxylic acids is 3. The lowest BCUT2D eigenvalue weighted by Gasteiger charge is -2.14. The number of anilines is 2. The van der Waals surface area contributed by atoms with E-state index in [0.717, 1.165) is 47.5 Å². The summed E-state index contributed by atoms with van der Waals surface area (Å²) in [7, 11) is -3.71. The largest absolute Gasteiger partial charge is 0.462 e. The second-order valence-electron chi connectivity index (χ2n) is 8.29. The van der Waals surface area contributed by atoms with Crippen molar-refractivity contribution in [3.63, 3.8) is 0 Å². The van der Waals surface area contributed by atoms with Gasteiger partial charge in [0.25, 0.3) is 15.9 Å². The zero-order valence-corrected chi connectivity index (χ0v) is 22.7. The van der Waals surface area contributed by atoms with Gasteiger partial charge in [0.2, 0.25) is 0 Å². The summed E-state index contributed by atoms with van der Waals surface area (Å²) in [5, 5.41) is 4.80. The molecule has 4 rings (SSSR count). The molecule has 0 aliphatic heterocycles. The SMILES string of the molecule is CCOC(=O)c1c(NC(=O)[C@H](C)OC(=O)c2ccc(NS(=O)(=O)c3cccs3)cc2)sc2c1CCCC2. The average molecular weight is 563 g/mol. The summed E-state index contributed by atoms with van der Waals surface area (Å²) in [5.74, 6) is -1.79. The smallest absolute Gasteiger partial charge is 0.341 e. The van der Waals surface area contributed by atoms with Crippen molar-refractivity contribution in [3.05, 3.63) is 63.3 Å². The highest BCUT2D eigenvalue weighted by atomic mass is 32.2. The van der Waals surface area contributed by atoms with Crippen molar-refractivity contribution in [1.82, 2.24) is 0 Å². The molecule has 1 amide bonds. The average Bonchev–Trinajstić information content (AvgIpc) is 3.53. The molecule has 1 aromatic carbocycles. The maximum Gasteiger partial charge on any atom is 0.341 e. The van der Waals surface area contributed by atoms with Crippen LogP contribution in [0.5, 0.6) is 0 Å². The van der Waals surface area contributed by atoms with Gasteiger partial charge in [-0.15, -0.1) is 22.7 Å². The molecule has 2 heterocycles. The van der Waals surface area contributed by atoms with Crippen LogP contribution in [0.3, 0.4) is 0 Å². The molecule has 37 heavy (non-hydrogen) atoms. The Morgan fingerprint density at radius 1 is 1.05 bits per heavy atom. The molecule has 0 saturated heterocycles. The topological polar surface area (TPSA) is 128 Å². The first-order chi connectivity index (χ1) is 17.7.